The predicted molar refractivity (Wildman–Crippen MR) is 103 cm³/mol. The van der Waals surface area contributed by atoms with Crippen molar-refractivity contribution in [2.24, 2.45) is 0 Å². The molecule has 0 aliphatic carbocycles. The van der Waals surface area contributed by atoms with Gasteiger partial charge in [0.1, 0.15) is 0 Å². The van der Waals surface area contributed by atoms with Gasteiger partial charge in [-0.2, -0.15) is 0 Å². The number of hydrogen-bond donors (Lipinski definition) is 1. The Morgan fingerprint density at radius 1 is 1.00 bits per heavy atom. The molecule has 148 valence electrons. The number of rotatable bonds is 3. The summed E-state index contributed by atoms with van der Waals surface area (Å²) in [4.78, 5) is 14.0. The van der Waals surface area contributed by atoms with Crippen LogP contribution in [0.1, 0.15) is 40.5 Å². The highest BCUT2D eigenvalue weighted by Gasteiger charge is 2.40. The van der Waals surface area contributed by atoms with Crippen molar-refractivity contribution >= 4 is 22.9 Å². The van der Waals surface area contributed by atoms with Gasteiger partial charge in [0.2, 0.25) is 11.3 Å². The van der Waals surface area contributed by atoms with E-state index in [1.54, 1.807) is 0 Å². The third-order valence-electron chi connectivity index (χ3n) is 5.44. The van der Waals surface area contributed by atoms with Crippen LogP contribution in [0.25, 0.3) is 11.3 Å². The van der Waals surface area contributed by atoms with Gasteiger partial charge in [-0.1, -0.05) is 0 Å². The maximum atomic E-state index is 5.51. The normalized spacial score (nSPS) is 22.9. The first-order valence-electron chi connectivity index (χ1n) is 9.59. The zero-order valence-corrected chi connectivity index (χ0v) is 16.8. The Morgan fingerprint density at radius 3 is 2.22 bits per heavy atom. The number of fused-ring (bicyclic) bond motifs is 1. The second-order valence-electron chi connectivity index (χ2n) is 8.95. The molecule has 2 aliphatic heterocycles. The number of nitrogens with one attached hydrogen (secondary N) is 1. The molecule has 9 heteroatoms. The Labute approximate surface area is 159 Å². The summed E-state index contributed by atoms with van der Waals surface area (Å²) in [6.45, 7) is 12.0. The van der Waals surface area contributed by atoms with E-state index in [-0.39, 0.29) is 11.1 Å². The quantitative estimate of drug-likeness (QED) is 0.858. The monoisotopic (exact) mass is 375 g/mol. The summed E-state index contributed by atoms with van der Waals surface area (Å²) in [5, 5.41) is 11.5. The molecule has 4 rings (SSSR count). The average molecular weight is 375 g/mol. The molecule has 0 spiro atoms. The fourth-order valence-electron chi connectivity index (χ4n) is 4.56. The van der Waals surface area contributed by atoms with E-state index in [1.807, 2.05) is 0 Å². The molecular weight excluding hydrogens is 346 g/mol. The molecule has 1 N–H and O–H groups in total. The number of ether oxygens (including phenoxy) is 1. The highest BCUT2D eigenvalue weighted by atomic mass is 16.6. The Balaban J connectivity index is 1.72. The van der Waals surface area contributed by atoms with Crippen LogP contribution < -0.4 is 15.1 Å². The lowest BCUT2D eigenvalue weighted by Gasteiger charge is -2.49. The van der Waals surface area contributed by atoms with Crippen LogP contribution in [0.15, 0.2) is 4.63 Å². The van der Waals surface area contributed by atoms with E-state index < -0.39 is 0 Å². The molecule has 27 heavy (non-hydrogen) atoms. The second-order valence-corrected chi connectivity index (χ2v) is 8.95. The van der Waals surface area contributed by atoms with E-state index in [4.69, 9.17) is 19.3 Å². The van der Waals surface area contributed by atoms with Crippen LogP contribution in [0.3, 0.4) is 0 Å². The molecule has 2 aromatic heterocycles. The standard InChI is InChI=1S/C18H29N7O2/c1-17(2)10-12(11-18(3,4)23-17)24(5)15-16(25-6-8-26-9-7-25)20-14-13(19-15)21-27-22-14/h12,23H,6-11H2,1-5H3. The Morgan fingerprint density at radius 2 is 1.59 bits per heavy atom. The SMILES string of the molecule is CN(c1nc2nonc2nc1N1CCOCC1)C1CC(C)(C)NC(C)(C)C1. The van der Waals surface area contributed by atoms with Crippen LogP contribution in [0.2, 0.25) is 0 Å². The smallest absolute Gasteiger partial charge is 0.245 e. The largest absolute Gasteiger partial charge is 0.378 e. The number of nitrogens with zero attached hydrogens (tertiary/aromatic N) is 6. The minimum atomic E-state index is 0.0484. The average Bonchev–Trinajstić information content (AvgIpc) is 3.05. The molecule has 2 saturated heterocycles. The van der Waals surface area contributed by atoms with Crippen LogP contribution in [0.5, 0.6) is 0 Å². The van der Waals surface area contributed by atoms with Gasteiger partial charge in [0.05, 0.1) is 13.2 Å². The molecule has 0 saturated carbocycles. The van der Waals surface area contributed by atoms with Crippen LogP contribution in [0.4, 0.5) is 11.6 Å². The van der Waals surface area contributed by atoms with E-state index >= 15 is 0 Å². The first-order chi connectivity index (χ1) is 12.7. The van der Waals surface area contributed by atoms with Crippen molar-refractivity contribution in [3.05, 3.63) is 0 Å². The van der Waals surface area contributed by atoms with Gasteiger partial charge in [-0.25, -0.2) is 14.6 Å². The van der Waals surface area contributed by atoms with Crippen molar-refractivity contribution in [2.45, 2.75) is 57.7 Å². The maximum Gasteiger partial charge on any atom is 0.245 e. The molecule has 9 nitrogen and oxygen atoms in total. The molecule has 0 amide bonds. The lowest BCUT2D eigenvalue weighted by Crippen LogP contribution is -2.62. The van der Waals surface area contributed by atoms with Crippen molar-refractivity contribution in [3.63, 3.8) is 0 Å². The van der Waals surface area contributed by atoms with Gasteiger partial charge in [0.15, 0.2) is 11.6 Å². The van der Waals surface area contributed by atoms with Crippen LogP contribution in [0, 0.1) is 0 Å². The van der Waals surface area contributed by atoms with Gasteiger partial charge in [-0.3, -0.25) is 0 Å². The fraction of sp³-hybridized carbons (Fsp3) is 0.778. The molecule has 4 heterocycles. The second kappa shape index (κ2) is 6.56. The zero-order valence-electron chi connectivity index (χ0n) is 16.8. The molecule has 0 unspecified atom stereocenters. The topological polar surface area (TPSA) is 92.4 Å². The number of piperidine rings is 1. The maximum absolute atomic E-state index is 5.51. The van der Waals surface area contributed by atoms with Crippen LogP contribution in [-0.2, 0) is 4.74 Å². The number of anilines is 2. The molecule has 2 fully saturated rings. The van der Waals surface area contributed by atoms with Gasteiger partial charge in [0, 0.05) is 37.3 Å². The third kappa shape index (κ3) is 3.70. The van der Waals surface area contributed by atoms with E-state index in [1.165, 1.54) is 0 Å². The van der Waals surface area contributed by atoms with Crippen molar-refractivity contribution in [3.8, 4) is 0 Å². The molecule has 2 aliphatic rings. The molecule has 0 bridgehead atoms. The highest BCUT2D eigenvalue weighted by molar-refractivity contribution is 5.74. The summed E-state index contributed by atoms with van der Waals surface area (Å²) in [7, 11) is 2.11. The van der Waals surface area contributed by atoms with Gasteiger partial charge in [0.25, 0.3) is 0 Å². The van der Waals surface area contributed by atoms with Gasteiger partial charge in [-0.05, 0) is 50.8 Å². The molecular formula is C18H29N7O2. The van der Waals surface area contributed by atoms with Crippen molar-refractivity contribution in [2.75, 3.05) is 43.2 Å². The molecule has 2 aromatic rings. The van der Waals surface area contributed by atoms with Crippen molar-refractivity contribution < 1.29 is 9.37 Å². The van der Waals surface area contributed by atoms with E-state index in [0.717, 1.165) is 37.6 Å². The lowest BCUT2D eigenvalue weighted by molar-refractivity contribution is 0.122. The number of morpholine rings is 1. The summed E-state index contributed by atoms with van der Waals surface area (Å²) in [6, 6.07) is 0.336. The lowest BCUT2D eigenvalue weighted by atomic mass is 9.79. The van der Waals surface area contributed by atoms with Crippen molar-refractivity contribution in [1.82, 2.24) is 25.6 Å². The van der Waals surface area contributed by atoms with Crippen molar-refractivity contribution in [1.29, 1.82) is 0 Å². The first kappa shape index (κ1) is 18.4. The minimum Gasteiger partial charge on any atom is -0.378 e. The fourth-order valence-corrected chi connectivity index (χ4v) is 4.56. The van der Waals surface area contributed by atoms with Gasteiger partial charge < -0.3 is 19.9 Å². The molecule has 0 radical (unpaired) electrons. The minimum absolute atomic E-state index is 0.0484. The first-order valence-corrected chi connectivity index (χ1v) is 9.59. The molecule has 0 atom stereocenters. The molecule has 0 aromatic carbocycles. The highest BCUT2D eigenvalue weighted by Crippen LogP contribution is 2.35. The Bertz CT molecular complexity index is 797. The summed E-state index contributed by atoms with van der Waals surface area (Å²) in [6.07, 6.45) is 2.04. The zero-order chi connectivity index (χ0) is 19.2. The third-order valence-corrected chi connectivity index (χ3v) is 5.44. The number of hydrogen-bond acceptors (Lipinski definition) is 9. The van der Waals surface area contributed by atoms with Crippen LogP contribution >= 0.6 is 0 Å². The number of aromatic nitrogens is 4. The summed E-state index contributed by atoms with van der Waals surface area (Å²) in [5.41, 5.74) is 0.987. The van der Waals surface area contributed by atoms with Gasteiger partial charge in [-0.15, -0.1) is 0 Å². The van der Waals surface area contributed by atoms with Crippen LogP contribution in [-0.4, -0.2) is 70.8 Å². The predicted octanol–water partition coefficient (Wildman–Crippen LogP) is 1.59. The summed E-state index contributed by atoms with van der Waals surface area (Å²) in [5.74, 6) is 1.66. The summed E-state index contributed by atoms with van der Waals surface area (Å²) >= 11 is 0. The Kier molecular flexibility index (Phi) is 4.46. The van der Waals surface area contributed by atoms with Gasteiger partial charge >= 0.3 is 0 Å². The van der Waals surface area contributed by atoms with E-state index in [9.17, 15) is 0 Å². The summed E-state index contributed by atoms with van der Waals surface area (Å²) < 4.78 is 10.4. The Hall–Kier alpha value is -2.00. The van der Waals surface area contributed by atoms with E-state index in [2.05, 4.69) is 60.2 Å². The van der Waals surface area contributed by atoms with E-state index in [0.29, 0.717) is 30.5 Å².